The molecule has 1 saturated heterocycles. The second kappa shape index (κ2) is 9.35. The van der Waals surface area contributed by atoms with Crippen molar-refractivity contribution in [3.63, 3.8) is 0 Å². The molecule has 0 aromatic carbocycles. The maximum Gasteiger partial charge on any atom is 0.239 e. The van der Waals surface area contributed by atoms with Crippen molar-refractivity contribution in [3.8, 4) is 0 Å². The quantitative estimate of drug-likeness (QED) is 0.753. The molecule has 1 amide bonds. The van der Waals surface area contributed by atoms with E-state index in [9.17, 15) is 9.90 Å². The fourth-order valence-electron chi connectivity index (χ4n) is 2.95. The molecule has 0 aliphatic carbocycles. The first-order valence-corrected chi connectivity index (χ1v) is 8.30. The minimum absolute atomic E-state index is 0.184. The Kier molecular flexibility index (Phi) is 8.15. The van der Waals surface area contributed by atoms with Gasteiger partial charge in [0.2, 0.25) is 5.91 Å². The summed E-state index contributed by atoms with van der Waals surface area (Å²) in [5.74, 6) is 0.506. The van der Waals surface area contributed by atoms with Crippen molar-refractivity contribution in [2.45, 2.75) is 71.4 Å². The fraction of sp³-hybridized carbons (Fsp3) is 0.938. The van der Waals surface area contributed by atoms with Crippen molar-refractivity contribution in [1.82, 2.24) is 10.2 Å². The molecule has 20 heavy (non-hydrogen) atoms. The zero-order valence-electron chi connectivity index (χ0n) is 13.4. The Balaban J connectivity index is 2.37. The van der Waals surface area contributed by atoms with Gasteiger partial charge < -0.3 is 15.3 Å². The molecule has 0 aromatic rings. The standard InChI is InChI=1S/C16H32N2O2/c1-4-14(5-2)15(19)12-17-13(3)16(20)18-10-8-6-7-9-11-18/h13-15,17,19H,4-12H2,1-3H3. The van der Waals surface area contributed by atoms with Gasteiger partial charge in [0.05, 0.1) is 12.1 Å². The molecule has 0 spiro atoms. The molecule has 1 fully saturated rings. The van der Waals surface area contributed by atoms with Gasteiger partial charge in [-0.25, -0.2) is 0 Å². The number of aliphatic hydroxyl groups excluding tert-OH is 1. The molecule has 4 nitrogen and oxygen atoms in total. The van der Waals surface area contributed by atoms with Crippen LogP contribution in [0.1, 0.15) is 59.3 Å². The van der Waals surface area contributed by atoms with Gasteiger partial charge in [-0.2, -0.15) is 0 Å². The number of carbonyl (C=O) groups excluding carboxylic acids is 1. The van der Waals surface area contributed by atoms with Crippen molar-refractivity contribution < 1.29 is 9.90 Å². The predicted molar refractivity (Wildman–Crippen MR) is 82.6 cm³/mol. The predicted octanol–water partition coefficient (Wildman–Crippen LogP) is 2.16. The van der Waals surface area contributed by atoms with Gasteiger partial charge in [-0.05, 0) is 25.7 Å². The SMILES string of the molecule is CCC(CC)C(O)CNC(C)C(=O)N1CCCCCC1. The average molecular weight is 284 g/mol. The lowest BCUT2D eigenvalue weighted by Gasteiger charge is -2.27. The van der Waals surface area contributed by atoms with Crippen LogP contribution in [0.25, 0.3) is 0 Å². The lowest BCUT2D eigenvalue weighted by Crippen LogP contribution is -2.47. The van der Waals surface area contributed by atoms with Crippen LogP contribution in [0.5, 0.6) is 0 Å². The third kappa shape index (κ3) is 5.41. The van der Waals surface area contributed by atoms with Crippen molar-refractivity contribution >= 4 is 5.91 Å². The molecule has 1 heterocycles. The van der Waals surface area contributed by atoms with Gasteiger partial charge in [0, 0.05) is 19.6 Å². The molecule has 0 bridgehead atoms. The number of nitrogens with zero attached hydrogens (tertiary/aromatic N) is 1. The molecule has 1 rings (SSSR count). The molecule has 2 atom stereocenters. The number of aliphatic hydroxyl groups is 1. The molecule has 0 aromatic heterocycles. The largest absolute Gasteiger partial charge is 0.392 e. The van der Waals surface area contributed by atoms with Crippen molar-refractivity contribution in [2.24, 2.45) is 5.92 Å². The molecule has 1 aliphatic heterocycles. The Labute approximate surface area is 123 Å². The molecule has 2 unspecified atom stereocenters. The van der Waals surface area contributed by atoms with E-state index in [0.717, 1.165) is 38.8 Å². The normalized spacial score (nSPS) is 19.8. The van der Waals surface area contributed by atoms with E-state index in [-0.39, 0.29) is 18.1 Å². The number of carbonyl (C=O) groups is 1. The Morgan fingerprint density at radius 1 is 1.15 bits per heavy atom. The summed E-state index contributed by atoms with van der Waals surface area (Å²) in [7, 11) is 0. The highest BCUT2D eigenvalue weighted by atomic mass is 16.3. The maximum atomic E-state index is 12.4. The minimum Gasteiger partial charge on any atom is -0.392 e. The molecule has 4 heteroatoms. The molecule has 0 radical (unpaired) electrons. The van der Waals surface area contributed by atoms with E-state index in [4.69, 9.17) is 0 Å². The summed E-state index contributed by atoms with van der Waals surface area (Å²) in [6.45, 7) is 8.40. The minimum atomic E-state index is -0.357. The smallest absolute Gasteiger partial charge is 0.239 e. The van der Waals surface area contributed by atoms with Crippen LogP contribution < -0.4 is 5.32 Å². The lowest BCUT2D eigenvalue weighted by molar-refractivity contribution is -0.133. The van der Waals surface area contributed by atoms with E-state index < -0.39 is 0 Å². The molecular weight excluding hydrogens is 252 g/mol. The summed E-state index contributed by atoms with van der Waals surface area (Å²) >= 11 is 0. The van der Waals surface area contributed by atoms with Crippen LogP contribution in [0.15, 0.2) is 0 Å². The van der Waals surface area contributed by atoms with E-state index >= 15 is 0 Å². The summed E-state index contributed by atoms with van der Waals surface area (Å²) in [5, 5.41) is 13.3. The van der Waals surface area contributed by atoms with Gasteiger partial charge in [-0.15, -0.1) is 0 Å². The van der Waals surface area contributed by atoms with Crippen LogP contribution in [-0.4, -0.2) is 47.7 Å². The second-order valence-corrected chi connectivity index (χ2v) is 6.01. The molecular formula is C16H32N2O2. The first kappa shape index (κ1) is 17.4. The number of likely N-dealkylation sites (tertiary alicyclic amines) is 1. The zero-order valence-corrected chi connectivity index (χ0v) is 13.4. The van der Waals surface area contributed by atoms with Crippen molar-refractivity contribution in [3.05, 3.63) is 0 Å². The topological polar surface area (TPSA) is 52.6 Å². The number of hydrogen-bond acceptors (Lipinski definition) is 3. The zero-order chi connectivity index (χ0) is 15.0. The van der Waals surface area contributed by atoms with Crippen molar-refractivity contribution in [2.75, 3.05) is 19.6 Å². The number of amides is 1. The van der Waals surface area contributed by atoms with Gasteiger partial charge in [0.1, 0.15) is 0 Å². The monoisotopic (exact) mass is 284 g/mol. The van der Waals surface area contributed by atoms with Crippen LogP contribution in [0.3, 0.4) is 0 Å². The van der Waals surface area contributed by atoms with Gasteiger partial charge in [-0.1, -0.05) is 39.5 Å². The highest BCUT2D eigenvalue weighted by molar-refractivity contribution is 5.81. The Hall–Kier alpha value is -0.610. The lowest BCUT2D eigenvalue weighted by atomic mass is 9.96. The van der Waals surface area contributed by atoms with Crippen LogP contribution >= 0.6 is 0 Å². The molecule has 0 saturated carbocycles. The van der Waals surface area contributed by atoms with E-state index in [1.165, 1.54) is 12.8 Å². The second-order valence-electron chi connectivity index (χ2n) is 6.01. The van der Waals surface area contributed by atoms with Crippen LogP contribution in [0.2, 0.25) is 0 Å². The van der Waals surface area contributed by atoms with Crippen molar-refractivity contribution in [1.29, 1.82) is 0 Å². The van der Waals surface area contributed by atoms with E-state index in [1.807, 2.05) is 11.8 Å². The van der Waals surface area contributed by atoms with E-state index in [0.29, 0.717) is 12.5 Å². The summed E-state index contributed by atoms with van der Waals surface area (Å²) in [6.07, 6.45) is 6.31. The molecule has 118 valence electrons. The van der Waals surface area contributed by atoms with Gasteiger partial charge in [-0.3, -0.25) is 4.79 Å². The summed E-state index contributed by atoms with van der Waals surface area (Å²) in [4.78, 5) is 14.3. The van der Waals surface area contributed by atoms with Gasteiger partial charge >= 0.3 is 0 Å². The van der Waals surface area contributed by atoms with Gasteiger partial charge in [0.15, 0.2) is 0 Å². The Morgan fingerprint density at radius 2 is 1.70 bits per heavy atom. The van der Waals surface area contributed by atoms with Crippen LogP contribution in [0, 0.1) is 5.92 Å². The number of nitrogens with one attached hydrogen (secondary N) is 1. The van der Waals surface area contributed by atoms with Gasteiger partial charge in [0.25, 0.3) is 0 Å². The highest BCUT2D eigenvalue weighted by Crippen LogP contribution is 2.13. The molecule has 1 aliphatic rings. The van der Waals surface area contributed by atoms with Crippen LogP contribution in [0.4, 0.5) is 0 Å². The highest BCUT2D eigenvalue weighted by Gasteiger charge is 2.23. The van der Waals surface area contributed by atoms with E-state index in [2.05, 4.69) is 19.2 Å². The summed E-state index contributed by atoms with van der Waals surface area (Å²) in [6, 6.07) is -0.197. The first-order chi connectivity index (χ1) is 9.60. The first-order valence-electron chi connectivity index (χ1n) is 8.30. The van der Waals surface area contributed by atoms with Crippen LogP contribution in [-0.2, 0) is 4.79 Å². The number of hydrogen-bond donors (Lipinski definition) is 2. The fourth-order valence-corrected chi connectivity index (χ4v) is 2.95. The number of rotatable bonds is 7. The third-order valence-electron chi connectivity index (χ3n) is 4.51. The Bertz CT molecular complexity index is 272. The molecule has 2 N–H and O–H groups in total. The summed E-state index contributed by atoms with van der Waals surface area (Å²) < 4.78 is 0. The average Bonchev–Trinajstić information content (AvgIpc) is 2.74. The summed E-state index contributed by atoms with van der Waals surface area (Å²) in [5.41, 5.74) is 0. The third-order valence-corrected chi connectivity index (χ3v) is 4.51. The Morgan fingerprint density at radius 3 is 2.20 bits per heavy atom. The van der Waals surface area contributed by atoms with E-state index in [1.54, 1.807) is 0 Å². The maximum absolute atomic E-state index is 12.4.